The molecule has 25 heavy (non-hydrogen) atoms. The summed E-state index contributed by atoms with van der Waals surface area (Å²) in [5.41, 5.74) is 1.83. The lowest BCUT2D eigenvalue weighted by Crippen LogP contribution is -2.18. The molecule has 0 aliphatic carbocycles. The van der Waals surface area contributed by atoms with Crippen LogP contribution in [0.25, 0.3) is 0 Å². The second kappa shape index (κ2) is 7.44. The Labute approximate surface area is 144 Å². The predicted molar refractivity (Wildman–Crippen MR) is 94.6 cm³/mol. The molecule has 0 aliphatic rings. The summed E-state index contributed by atoms with van der Waals surface area (Å²) in [6, 6.07) is 13.7. The Hall–Kier alpha value is -3.41. The molecule has 1 aromatic carbocycles. The van der Waals surface area contributed by atoms with Crippen LogP contribution in [0.3, 0.4) is 0 Å². The second-order valence-corrected chi connectivity index (χ2v) is 5.50. The average Bonchev–Trinajstić information content (AvgIpc) is 2.64. The predicted octanol–water partition coefficient (Wildman–Crippen LogP) is 2.61. The number of hydrogen-bond donors (Lipinski definition) is 1. The minimum atomic E-state index is -0.273. The number of aryl methyl sites for hydroxylation is 1. The van der Waals surface area contributed by atoms with Crippen molar-refractivity contribution in [1.82, 2.24) is 9.55 Å². The number of anilines is 1. The number of aromatic nitrogens is 2. The summed E-state index contributed by atoms with van der Waals surface area (Å²) in [6.45, 7) is 0.375. The number of carbonyl (C=O) groups excluding carboxylic acids is 1. The van der Waals surface area contributed by atoms with Crippen molar-refractivity contribution in [2.45, 2.75) is 6.61 Å². The van der Waals surface area contributed by atoms with Crippen molar-refractivity contribution in [3.05, 3.63) is 88.6 Å². The Balaban J connectivity index is 1.68. The van der Waals surface area contributed by atoms with Crippen LogP contribution >= 0.6 is 0 Å². The normalized spacial score (nSPS) is 10.3. The zero-order chi connectivity index (χ0) is 17.6. The third kappa shape index (κ3) is 4.32. The van der Waals surface area contributed by atoms with Gasteiger partial charge in [0, 0.05) is 42.8 Å². The summed E-state index contributed by atoms with van der Waals surface area (Å²) < 4.78 is 7.11. The van der Waals surface area contributed by atoms with E-state index in [1.54, 1.807) is 56.0 Å². The van der Waals surface area contributed by atoms with Gasteiger partial charge in [0.25, 0.3) is 5.91 Å². The summed E-state index contributed by atoms with van der Waals surface area (Å²) in [7, 11) is 1.63. The molecule has 2 aromatic heterocycles. The molecule has 6 heteroatoms. The van der Waals surface area contributed by atoms with E-state index >= 15 is 0 Å². The van der Waals surface area contributed by atoms with Crippen molar-refractivity contribution in [2.75, 3.05) is 5.32 Å². The number of rotatable bonds is 5. The lowest BCUT2D eigenvalue weighted by molar-refractivity contribution is 0.102. The third-order valence-corrected chi connectivity index (χ3v) is 3.57. The standard InChI is InChI=1S/C19H17N3O3/c1-22-12-16(7-8-18(22)23)21-19(24)15-5-2-6-17(10-15)25-13-14-4-3-9-20-11-14/h2-12H,13H2,1H3,(H,21,24). The minimum absolute atomic E-state index is 0.135. The Kier molecular flexibility index (Phi) is 4.89. The van der Waals surface area contributed by atoms with Crippen molar-refractivity contribution in [1.29, 1.82) is 0 Å². The smallest absolute Gasteiger partial charge is 0.255 e. The molecule has 3 aromatic rings. The van der Waals surface area contributed by atoms with Gasteiger partial charge in [-0.2, -0.15) is 0 Å². The maximum absolute atomic E-state index is 12.4. The minimum Gasteiger partial charge on any atom is -0.489 e. The van der Waals surface area contributed by atoms with Crippen LogP contribution in [0, 0.1) is 0 Å². The molecule has 6 nitrogen and oxygen atoms in total. The van der Waals surface area contributed by atoms with Crippen molar-refractivity contribution in [2.24, 2.45) is 7.05 Å². The molecular weight excluding hydrogens is 318 g/mol. The molecule has 0 unspecified atom stereocenters. The van der Waals surface area contributed by atoms with Gasteiger partial charge in [-0.25, -0.2) is 0 Å². The molecule has 0 saturated heterocycles. The van der Waals surface area contributed by atoms with E-state index in [4.69, 9.17) is 4.74 Å². The van der Waals surface area contributed by atoms with E-state index in [1.807, 2.05) is 12.1 Å². The first-order valence-corrected chi connectivity index (χ1v) is 7.71. The molecule has 126 valence electrons. The molecule has 1 N–H and O–H groups in total. The number of ether oxygens (including phenoxy) is 1. The van der Waals surface area contributed by atoms with Crippen LogP contribution in [0.1, 0.15) is 15.9 Å². The number of nitrogens with one attached hydrogen (secondary N) is 1. The highest BCUT2D eigenvalue weighted by Crippen LogP contribution is 2.16. The lowest BCUT2D eigenvalue weighted by Gasteiger charge is -2.09. The first kappa shape index (κ1) is 16.4. The number of carbonyl (C=O) groups is 1. The van der Waals surface area contributed by atoms with Gasteiger partial charge >= 0.3 is 0 Å². The van der Waals surface area contributed by atoms with Crippen LogP contribution in [0.4, 0.5) is 5.69 Å². The largest absolute Gasteiger partial charge is 0.489 e. The number of amides is 1. The van der Waals surface area contributed by atoms with Gasteiger partial charge in [0.15, 0.2) is 0 Å². The van der Waals surface area contributed by atoms with Gasteiger partial charge in [-0.05, 0) is 30.3 Å². The number of nitrogens with zero attached hydrogens (tertiary/aromatic N) is 2. The average molecular weight is 335 g/mol. The zero-order valence-corrected chi connectivity index (χ0v) is 13.7. The fourth-order valence-corrected chi connectivity index (χ4v) is 2.25. The molecule has 2 heterocycles. The molecule has 0 radical (unpaired) electrons. The van der Waals surface area contributed by atoms with E-state index < -0.39 is 0 Å². The molecule has 0 bridgehead atoms. The van der Waals surface area contributed by atoms with Crippen molar-refractivity contribution in [3.63, 3.8) is 0 Å². The lowest BCUT2D eigenvalue weighted by atomic mass is 10.2. The molecule has 0 spiro atoms. The Morgan fingerprint density at radius 3 is 2.84 bits per heavy atom. The monoisotopic (exact) mass is 335 g/mol. The van der Waals surface area contributed by atoms with Crippen LogP contribution < -0.4 is 15.6 Å². The highest BCUT2D eigenvalue weighted by atomic mass is 16.5. The SMILES string of the molecule is Cn1cc(NC(=O)c2cccc(OCc3cccnc3)c2)ccc1=O. The van der Waals surface area contributed by atoms with Gasteiger partial charge < -0.3 is 14.6 Å². The van der Waals surface area contributed by atoms with Crippen LogP contribution in [-0.4, -0.2) is 15.5 Å². The van der Waals surface area contributed by atoms with Crippen molar-refractivity contribution >= 4 is 11.6 Å². The Morgan fingerprint density at radius 1 is 1.20 bits per heavy atom. The van der Waals surface area contributed by atoms with E-state index in [9.17, 15) is 9.59 Å². The summed E-state index contributed by atoms with van der Waals surface area (Å²) in [4.78, 5) is 27.8. The van der Waals surface area contributed by atoms with E-state index in [0.717, 1.165) is 5.56 Å². The number of hydrogen-bond acceptors (Lipinski definition) is 4. The first-order valence-electron chi connectivity index (χ1n) is 7.71. The second-order valence-electron chi connectivity index (χ2n) is 5.50. The summed E-state index contributed by atoms with van der Waals surface area (Å²) in [5.74, 6) is 0.322. The fourth-order valence-electron chi connectivity index (χ4n) is 2.25. The quantitative estimate of drug-likeness (QED) is 0.778. The van der Waals surface area contributed by atoms with Crippen molar-refractivity contribution in [3.8, 4) is 5.75 Å². The molecule has 1 amide bonds. The molecule has 0 saturated carbocycles. The Bertz CT molecular complexity index is 936. The number of pyridine rings is 2. The van der Waals surface area contributed by atoms with Crippen molar-refractivity contribution < 1.29 is 9.53 Å². The van der Waals surface area contributed by atoms with Gasteiger partial charge in [0.05, 0.1) is 5.69 Å². The molecule has 0 atom stereocenters. The highest BCUT2D eigenvalue weighted by Gasteiger charge is 2.08. The van der Waals surface area contributed by atoms with Crippen LogP contribution in [0.15, 0.2) is 71.9 Å². The summed E-state index contributed by atoms with van der Waals surface area (Å²) >= 11 is 0. The van der Waals surface area contributed by atoms with Crippen LogP contribution in [0.2, 0.25) is 0 Å². The Morgan fingerprint density at radius 2 is 2.08 bits per heavy atom. The van der Waals surface area contributed by atoms with E-state index in [0.29, 0.717) is 23.6 Å². The maximum atomic E-state index is 12.4. The topological polar surface area (TPSA) is 73.2 Å². The number of benzene rings is 1. The molecular formula is C19H17N3O3. The highest BCUT2D eigenvalue weighted by molar-refractivity contribution is 6.04. The van der Waals surface area contributed by atoms with Gasteiger partial charge in [-0.1, -0.05) is 12.1 Å². The fraction of sp³-hybridized carbons (Fsp3) is 0.105. The molecule has 3 rings (SSSR count). The molecule has 0 aliphatic heterocycles. The summed E-state index contributed by atoms with van der Waals surface area (Å²) in [6.07, 6.45) is 5.01. The van der Waals surface area contributed by atoms with E-state index in [2.05, 4.69) is 10.3 Å². The maximum Gasteiger partial charge on any atom is 0.255 e. The van der Waals surface area contributed by atoms with E-state index in [1.165, 1.54) is 10.6 Å². The zero-order valence-electron chi connectivity index (χ0n) is 13.7. The van der Waals surface area contributed by atoms with E-state index in [-0.39, 0.29) is 11.5 Å². The molecule has 0 fully saturated rings. The van der Waals surface area contributed by atoms with Crippen LogP contribution in [0.5, 0.6) is 5.75 Å². The van der Waals surface area contributed by atoms with Gasteiger partial charge in [-0.3, -0.25) is 14.6 Å². The van der Waals surface area contributed by atoms with Crippen LogP contribution in [-0.2, 0) is 13.7 Å². The third-order valence-electron chi connectivity index (χ3n) is 3.57. The first-order chi connectivity index (χ1) is 12.1. The van der Waals surface area contributed by atoms with Gasteiger partial charge in [0.2, 0.25) is 5.56 Å². The summed E-state index contributed by atoms with van der Waals surface area (Å²) in [5, 5.41) is 2.76. The van der Waals surface area contributed by atoms with Gasteiger partial charge in [0.1, 0.15) is 12.4 Å². The van der Waals surface area contributed by atoms with Gasteiger partial charge in [-0.15, -0.1) is 0 Å².